The quantitative estimate of drug-likeness (QED) is 0.514. The van der Waals surface area contributed by atoms with Crippen LogP contribution in [0.3, 0.4) is 0 Å². The monoisotopic (exact) mass is 406 g/mol. The lowest BCUT2D eigenvalue weighted by molar-refractivity contribution is -0.138. The molecule has 0 spiro atoms. The standard InChI is InChI=1S/C21H27ClN2O4/c1-4-27-11-5-10-24-20(25)18(16-6-8-17(22)9-7-16)19(21(24)26)23-12-14(2)28-15(3)13-23/h6-9,14-15H,4-5,10-13H2,1-3H3. The van der Waals surface area contributed by atoms with Crippen LogP contribution in [0.4, 0.5) is 0 Å². The predicted octanol–water partition coefficient (Wildman–Crippen LogP) is 2.96. The minimum absolute atomic E-state index is 0.0161. The summed E-state index contributed by atoms with van der Waals surface area (Å²) in [4.78, 5) is 29.8. The van der Waals surface area contributed by atoms with Gasteiger partial charge in [-0.15, -0.1) is 0 Å². The second-order valence-corrected chi connectivity index (χ2v) is 7.64. The second-order valence-electron chi connectivity index (χ2n) is 7.21. The molecule has 1 fully saturated rings. The molecule has 0 aromatic heterocycles. The van der Waals surface area contributed by atoms with Crippen molar-refractivity contribution in [2.24, 2.45) is 0 Å². The molecular weight excluding hydrogens is 380 g/mol. The summed E-state index contributed by atoms with van der Waals surface area (Å²) in [5.74, 6) is -0.502. The zero-order valence-corrected chi connectivity index (χ0v) is 17.4. The summed E-state index contributed by atoms with van der Waals surface area (Å²) in [6.07, 6.45) is 0.581. The van der Waals surface area contributed by atoms with Crippen LogP contribution in [0.1, 0.15) is 32.8 Å². The number of carbonyl (C=O) groups is 2. The lowest BCUT2D eigenvalue weighted by Crippen LogP contribution is -2.47. The normalized spacial score (nSPS) is 23.1. The summed E-state index contributed by atoms with van der Waals surface area (Å²) in [7, 11) is 0. The summed E-state index contributed by atoms with van der Waals surface area (Å²) >= 11 is 6.01. The van der Waals surface area contributed by atoms with Gasteiger partial charge in [0.2, 0.25) is 0 Å². The Balaban J connectivity index is 1.94. The Morgan fingerprint density at radius 3 is 2.36 bits per heavy atom. The molecule has 1 aromatic rings. The van der Waals surface area contributed by atoms with Crippen molar-refractivity contribution in [3.05, 3.63) is 40.5 Å². The molecule has 2 amide bonds. The number of carbonyl (C=O) groups excluding carboxylic acids is 2. The SMILES string of the molecule is CCOCCCN1C(=O)C(c2ccc(Cl)cc2)=C(N2CC(C)OC(C)C2)C1=O. The summed E-state index contributed by atoms with van der Waals surface area (Å²) in [6.45, 7) is 8.50. The van der Waals surface area contributed by atoms with Crippen LogP contribution in [0.25, 0.3) is 5.57 Å². The Hall–Kier alpha value is -1.89. The van der Waals surface area contributed by atoms with E-state index in [0.29, 0.717) is 61.1 Å². The van der Waals surface area contributed by atoms with E-state index < -0.39 is 0 Å². The van der Waals surface area contributed by atoms with E-state index in [1.807, 2.05) is 25.7 Å². The molecule has 1 saturated heterocycles. The lowest BCUT2D eigenvalue weighted by Gasteiger charge is -2.37. The molecule has 0 saturated carbocycles. The first-order valence-electron chi connectivity index (χ1n) is 9.77. The van der Waals surface area contributed by atoms with Crippen molar-refractivity contribution in [1.82, 2.24) is 9.80 Å². The largest absolute Gasteiger partial charge is 0.382 e. The molecule has 0 aliphatic carbocycles. The molecule has 2 unspecified atom stereocenters. The fraction of sp³-hybridized carbons (Fsp3) is 0.524. The van der Waals surface area contributed by atoms with Gasteiger partial charge in [0.1, 0.15) is 5.70 Å². The maximum absolute atomic E-state index is 13.2. The number of morpholine rings is 1. The highest BCUT2D eigenvalue weighted by atomic mass is 35.5. The third kappa shape index (κ3) is 4.40. The van der Waals surface area contributed by atoms with Crippen molar-refractivity contribution < 1.29 is 19.1 Å². The summed E-state index contributed by atoms with van der Waals surface area (Å²) in [5, 5.41) is 0.588. The highest BCUT2D eigenvalue weighted by Crippen LogP contribution is 2.33. The fourth-order valence-corrected chi connectivity index (χ4v) is 3.89. The van der Waals surface area contributed by atoms with Gasteiger partial charge in [-0.25, -0.2) is 0 Å². The average molecular weight is 407 g/mol. The highest BCUT2D eigenvalue weighted by Gasteiger charge is 2.42. The molecule has 2 atom stereocenters. The van der Waals surface area contributed by atoms with E-state index in [1.165, 1.54) is 4.90 Å². The Bertz CT molecular complexity index is 752. The maximum Gasteiger partial charge on any atom is 0.277 e. The van der Waals surface area contributed by atoms with E-state index in [0.717, 1.165) is 0 Å². The van der Waals surface area contributed by atoms with Crippen LogP contribution in [-0.2, 0) is 19.1 Å². The van der Waals surface area contributed by atoms with Crippen molar-refractivity contribution in [3.8, 4) is 0 Å². The van der Waals surface area contributed by atoms with Crippen molar-refractivity contribution in [2.45, 2.75) is 39.4 Å². The topological polar surface area (TPSA) is 59.1 Å². The molecule has 0 bridgehead atoms. The zero-order chi connectivity index (χ0) is 20.3. The van der Waals surface area contributed by atoms with Gasteiger partial charge < -0.3 is 14.4 Å². The number of hydrogen-bond donors (Lipinski definition) is 0. The number of ether oxygens (including phenoxy) is 2. The van der Waals surface area contributed by atoms with Gasteiger partial charge in [0.05, 0.1) is 17.8 Å². The minimum Gasteiger partial charge on any atom is -0.382 e. The number of imide groups is 1. The highest BCUT2D eigenvalue weighted by molar-refractivity contribution is 6.36. The van der Waals surface area contributed by atoms with Crippen LogP contribution in [0.5, 0.6) is 0 Å². The van der Waals surface area contributed by atoms with Crippen molar-refractivity contribution in [1.29, 1.82) is 0 Å². The molecule has 0 N–H and O–H groups in total. The maximum atomic E-state index is 13.2. The Morgan fingerprint density at radius 1 is 1.11 bits per heavy atom. The van der Waals surface area contributed by atoms with E-state index in [4.69, 9.17) is 21.1 Å². The van der Waals surface area contributed by atoms with E-state index >= 15 is 0 Å². The molecule has 7 heteroatoms. The summed E-state index contributed by atoms with van der Waals surface area (Å²) in [6, 6.07) is 7.06. The Labute approximate surface area is 171 Å². The molecule has 152 valence electrons. The van der Waals surface area contributed by atoms with Crippen molar-refractivity contribution >= 4 is 29.0 Å². The lowest BCUT2D eigenvalue weighted by atomic mass is 10.0. The first-order chi connectivity index (χ1) is 13.4. The number of benzene rings is 1. The Morgan fingerprint density at radius 2 is 1.75 bits per heavy atom. The van der Waals surface area contributed by atoms with Crippen LogP contribution >= 0.6 is 11.6 Å². The van der Waals surface area contributed by atoms with Gasteiger partial charge in [-0.05, 0) is 44.9 Å². The average Bonchev–Trinajstić information content (AvgIpc) is 2.89. The third-order valence-electron chi connectivity index (χ3n) is 4.89. The van der Waals surface area contributed by atoms with Crippen LogP contribution in [-0.4, -0.2) is 66.7 Å². The molecule has 2 aliphatic heterocycles. The van der Waals surface area contributed by atoms with Crippen molar-refractivity contribution in [2.75, 3.05) is 32.8 Å². The molecule has 28 heavy (non-hydrogen) atoms. The zero-order valence-electron chi connectivity index (χ0n) is 16.6. The number of nitrogens with zero attached hydrogens (tertiary/aromatic N) is 2. The second kappa shape index (κ2) is 9.07. The number of rotatable bonds is 7. The molecule has 0 radical (unpaired) electrons. The first kappa shape index (κ1) is 20.8. The molecule has 3 rings (SSSR count). The molecule has 2 aliphatic rings. The van der Waals surface area contributed by atoms with E-state index in [1.54, 1.807) is 24.3 Å². The molecule has 1 aromatic carbocycles. The fourth-order valence-electron chi connectivity index (χ4n) is 3.77. The van der Waals surface area contributed by atoms with Crippen LogP contribution in [0.2, 0.25) is 5.02 Å². The molecule has 6 nitrogen and oxygen atoms in total. The first-order valence-corrected chi connectivity index (χ1v) is 10.1. The van der Waals surface area contributed by atoms with E-state index in [9.17, 15) is 9.59 Å². The van der Waals surface area contributed by atoms with Gasteiger partial charge in [0, 0.05) is 37.9 Å². The Kier molecular flexibility index (Phi) is 6.75. The predicted molar refractivity (Wildman–Crippen MR) is 108 cm³/mol. The minimum atomic E-state index is -0.259. The van der Waals surface area contributed by atoms with E-state index in [-0.39, 0.29) is 24.0 Å². The molecule has 2 heterocycles. The summed E-state index contributed by atoms with van der Waals surface area (Å²) in [5.41, 5.74) is 1.61. The van der Waals surface area contributed by atoms with Crippen molar-refractivity contribution in [3.63, 3.8) is 0 Å². The van der Waals surface area contributed by atoms with E-state index in [2.05, 4.69) is 0 Å². The van der Waals surface area contributed by atoms with Gasteiger partial charge in [-0.2, -0.15) is 0 Å². The van der Waals surface area contributed by atoms with Gasteiger partial charge in [0.15, 0.2) is 0 Å². The van der Waals surface area contributed by atoms with Crippen LogP contribution in [0, 0.1) is 0 Å². The van der Waals surface area contributed by atoms with Crippen LogP contribution < -0.4 is 0 Å². The molecular formula is C21H27ClN2O4. The third-order valence-corrected chi connectivity index (χ3v) is 5.14. The summed E-state index contributed by atoms with van der Waals surface area (Å²) < 4.78 is 11.2. The van der Waals surface area contributed by atoms with Gasteiger partial charge in [-0.1, -0.05) is 23.7 Å². The van der Waals surface area contributed by atoms with Gasteiger partial charge >= 0.3 is 0 Å². The number of amides is 2. The number of hydrogen-bond acceptors (Lipinski definition) is 5. The smallest absolute Gasteiger partial charge is 0.277 e. The van der Waals surface area contributed by atoms with Crippen LogP contribution in [0.15, 0.2) is 30.0 Å². The van der Waals surface area contributed by atoms with Gasteiger partial charge in [-0.3, -0.25) is 14.5 Å². The number of halogens is 1. The van der Waals surface area contributed by atoms with Gasteiger partial charge in [0.25, 0.3) is 11.8 Å².